The van der Waals surface area contributed by atoms with Gasteiger partial charge in [0.2, 0.25) is 0 Å². The predicted octanol–water partition coefficient (Wildman–Crippen LogP) is 11.5. The summed E-state index contributed by atoms with van der Waals surface area (Å²) in [5, 5.41) is 11.6. The van der Waals surface area contributed by atoms with E-state index >= 15 is 0 Å². The van der Waals surface area contributed by atoms with Gasteiger partial charge < -0.3 is 28.6 Å². The van der Waals surface area contributed by atoms with Crippen LogP contribution in [-0.2, 0) is 28.6 Å². The maximum Gasteiger partial charge on any atom is 0.306 e. The first-order valence-electron chi connectivity index (χ1n) is 23.4. The Hall–Kier alpha value is -2.19. The Kier molecular flexibility index (Phi) is 38.1. The molecule has 0 aromatic rings. The van der Waals surface area contributed by atoms with Gasteiger partial charge in [0.05, 0.1) is 40.3 Å². The normalized spacial score (nSPS) is 13.1. The van der Waals surface area contributed by atoms with Crippen molar-refractivity contribution in [3.8, 4) is 0 Å². The van der Waals surface area contributed by atoms with Gasteiger partial charge in [-0.2, -0.15) is 0 Å². The molecule has 0 saturated heterocycles. The minimum atomic E-state index is -1.13. The second-order valence-electron chi connectivity index (χ2n) is 17.0. The number of quaternary nitrogens is 1. The van der Waals surface area contributed by atoms with Crippen LogP contribution >= 0.6 is 0 Å². The Morgan fingerprint density at radius 2 is 0.893 bits per heavy atom. The molecule has 0 aliphatic rings. The van der Waals surface area contributed by atoms with Crippen LogP contribution in [0.2, 0.25) is 0 Å². The molecule has 0 N–H and O–H groups in total. The number of hydrogen-bond acceptors (Lipinski definition) is 7. The third-order valence-corrected chi connectivity index (χ3v) is 10.6. The van der Waals surface area contributed by atoms with Crippen molar-refractivity contribution < 1.29 is 38.2 Å². The van der Waals surface area contributed by atoms with Crippen molar-refractivity contribution in [2.75, 3.05) is 41.0 Å². The molecule has 2 atom stereocenters. The summed E-state index contributed by atoms with van der Waals surface area (Å²) in [4.78, 5) is 36.9. The number of carbonyl (C=O) groups excluding carboxylic acids is 3. The zero-order valence-corrected chi connectivity index (χ0v) is 37.3. The lowest BCUT2D eigenvalue weighted by Gasteiger charge is -2.34. The van der Waals surface area contributed by atoms with Crippen LogP contribution in [-0.4, -0.2) is 75.5 Å². The molecule has 0 aliphatic carbocycles. The first kappa shape index (κ1) is 53.8. The molecule has 0 saturated carbocycles. The number of esters is 2. The zero-order valence-electron chi connectivity index (χ0n) is 37.3. The number of unbranched alkanes of at least 4 members (excludes halogenated alkanes) is 24. The number of carbonyl (C=O) groups is 3. The smallest absolute Gasteiger partial charge is 0.306 e. The van der Waals surface area contributed by atoms with Crippen molar-refractivity contribution in [1.29, 1.82) is 0 Å². The highest BCUT2D eigenvalue weighted by Crippen LogP contribution is 2.14. The largest absolute Gasteiger partial charge is 0.544 e. The maximum absolute atomic E-state index is 12.7. The molecule has 0 amide bonds. The lowest BCUT2D eigenvalue weighted by Crippen LogP contribution is -2.55. The van der Waals surface area contributed by atoms with Gasteiger partial charge in [0.25, 0.3) is 0 Å². The summed E-state index contributed by atoms with van der Waals surface area (Å²) < 4.78 is 17.2. The van der Waals surface area contributed by atoms with Gasteiger partial charge in [0.1, 0.15) is 12.6 Å². The molecule has 0 aromatic heterocycles. The van der Waals surface area contributed by atoms with E-state index < -0.39 is 18.1 Å². The molecule has 328 valence electrons. The topological polar surface area (TPSA) is 102 Å². The molecule has 8 nitrogen and oxygen atoms in total. The van der Waals surface area contributed by atoms with Gasteiger partial charge in [-0.1, -0.05) is 154 Å². The summed E-state index contributed by atoms with van der Waals surface area (Å²) in [5.41, 5.74) is 0. The van der Waals surface area contributed by atoms with E-state index in [4.69, 9.17) is 14.2 Å². The molecule has 0 aliphatic heterocycles. The number of likely N-dealkylation sites (N-methyl/N-ethyl adjacent to an activating group) is 1. The van der Waals surface area contributed by atoms with Gasteiger partial charge in [-0.3, -0.25) is 9.59 Å². The highest BCUT2D eigenvalue weighted by atomic mass is 16.6. The van der Waals surface area contributed by atoms with Gasteiger partial charge >= 0.3 is 11.9 Å². The lowest BCUT2D eigenvalue weighted by molar-refractivity contribution is -0.889. The molecule has 0 heterocycles. The number of allylic oxidation sites excluding steroid dienone is 4. The number of rotatable bonds is 42. The van der Waals surface area contributed by atoms with Gasteiger partial charge in [-0.25, -0.2) is 0 Å². The van der Waals surface area contributed by atoms with E-state index in [2.05, 4.69) is 38.2 Å². The fourth-order valence-corrected chi connectivity index (χ4v) is 6.88. The molecular formula is C48H89NO7. The van der Waals surface area contributed by atoms with Crippen LogP contribution < -0.4 is 5.11 Å². The third kappa shape index (κ3) is 37.4. The Labute approximate surface area is 345 Å². The number of ether oxygens (including phenoxy) is 3. The first-order valence-corrected chi connectivity index (χ1v) is 23.4. The molecule has 2 unspecified atom stereocenters. The molecule has 0 bridgehead atoms. The van der Waals surface area contributed by atoms with E-state index in [9.17, 15) is 19.5 Å². The fraction of sp³-hybridized carbons (Fsp3) is 0.854. The average molecular weight is 792 g/mol. The summed E-state index contributed by atoms with van der Waals surface area (Å²) in [6.45, 7) is 4.65. The van der Waals surface area contributed by atoms with Gasteiger partial charge in [-0.15, -0.1) is 0 Å². The second kappa shape index (κ2) is 39.6. The third-order valence-electron chi connectivity index (χ3n) is 10.6. The first-order chi connectivity index (χ1) is 27.1. The SMILES string of the molecule is CCCCCCCC/C=C/CCCCCC(=O)OC(COCCC(C(=O)[O-])[N+](C)(C)C)COC(=O)CCCCCCCCC/C=C/CCCCCCCCCC. The van der Waals surface area contributed by atoms with E-state index in [1.807, 2.05) is 0 Å². The molecule has 56 heavy (non-hydrogen) atoms. The van der Waals surface area contributed by atoms with Crippen LogP contribution in [0.25, 0.3) is 0 Å². The number of aliphatic carboxylic acids is 1. The molecule has 0 spiro atoms. The van der Waals surface area contributed by atoms with Crippen LogP contribution in [0.15, 0.2) is 24.3 Å². The molecule has 0 aromatic carbocycles. The van der Waals surface area contributed by atoms with Crippen LogP contribution in [0.1, 0.15) is 213 Å². The van der Waals surface area contributed by atoms with E-state index in [1.165, 1.54) is 128 Å². The fourth-order valence-electron chi connectivity index (χ4n) is 6.88. The monoisotopic (exact) mass is 792 g/mol. The molecule has 0 radical (unpaired) electrons. The van der Waals surface area contributed by atoms with Gasteiger partial charge in [0.15, 0.2) is 6.10 Å². The van der Waals surface area contributed by atoms with E-state index in [1.54, 1.807) is 21.1 Å². The molecule has 0 rings (SSSR count). The van der Waals surface area contributed by atoms with Crippen LogP contribution in [0.5, 0.6) is 0 Å². The molecule has 8 heteroatoms. The van der Waals surface area contributed by atoms with Crippen molar-refractivity contribution in [2.24, 2.45) is 0 Å². The van der Waals surface area contributed by atoms with Gasteiger partial charge in [-0.05, 0) is 64.2 Å². The number of carboxylic acid groups (broad SMARTS) is 1. The number of carboxylic acids is 1. The van der Waals surface area contributed by atoms with Crippen LogP contribution in [0.3, 0.4) is 0 Å². The Morgan fingerprint density at radius 1 is 0.518 bits per heavy atom. The standard InChI is InChI=1S/C48H89NO7/c1-6-8-10-12-14-16-18-20-21-22-23-24-25-27-28-30-32-34-36-38-46(50)55-43-44(42-54-41-40-45(48(52)53)49(3,4)5)56-47(51)39-37-35-33-31-29-26-19-17-15-13-11-9-7-2/h22-23,26,29,44-45H,6-21,24-25,27-28,30-43H2,1-5H3/b23-22+,29-26+. The summed E-state index contributed by atoms with van der Waals surface area (Å²) in [6.07, 6.45) is 43.4. The predicted molar refractivity (Wildman–Crippen MR) is 231 cm³/mol. The highest BCUT2D eigenvalue weighted by molar-refractivity contribution is 5.70. The quantitative estimate of drug-likeness (QED) is 0.0262. The van der Waals surface area contributed by atoms with Crippen molar-refractivity contribution in [3.05, 3.63) is 24.3 Å². The Morgan fingerprint density at radius 3 is 1.30 bits per heavy atom. The van der Waals surface area contributed by atoms with Gasteiger partial charge in [0, 0.05) is 19.3 Å². The Balaban J connectivity index is 4.29. The minimum absolute atomic E-state index is 0.0361. The van der Waals surface area contributed by atoms with Crippen LogP contribution in [0, 0.1) is 0 Å². The zero-order chi connectivity index (χ0) is 41.4. The summed E-state index contributed by atoms with van der Waals surface area (Å²) in [5.74, 6) is -1.75. The van der Waals surface area contributed by atoms with Crippen molar-refractivity contribution in [3.63, 3.8) is 0 Å². The summed E-state index contributed by atoms with van der Waals surface area (Å²) >= 11 is 0. The number of hydrogen-bond donors (Lipinski definition) is 0. The molecule has 0 fully saturated rings. The minimum Gasteiger partial charge on any atom is -0.544 e. The van der Waals surface area contributed by atoms with Crippen molar-refractivity contribution >= 4 is 17.9 Å². The van der Waals surface area contributed by atoms with E-state index in [0.29, 0.717) is 12.8 Å². The summed E-state index contributed by atoms with van der Waals surface area (Å²) in [7, 11) is 5.41. The van der Waals surface area contributed by atoms with Crippen molar-refractivity contribution in [2.45, 2.75) is 225 Å². The second-order valence-corrected chi connectivity index (χ2v) is 17.0. The average Bonchev–Trinajstić information content (AvgIpc) is 3.15. The lowest BCUT2D eigenvalue weighted by atomic mass is 10.1. The maximum atomic E-state index is 12.7. The molecular weight excluding hydrogens is 703 g/mol. The van der Waals surface area contributed by atoms with Crippen LogP contribution in [0.4, 0.5) is 0 Å². The Bertz CT molecular complexity index is 973. The number of nitrogens with zero attached hydrogens (tertiary/aromatic N) is 1. The van der Waals surface area contributed by atoms with E-state index in [-0.39, 0.29) is 42.7 Å². The highest BCUT2D eigenvalue weighted by Gasteiger charge is 2.25. The van der Waals surface area contributed by atoms with E-state index in [0.717, 1.165) is 51.4 Å². The summed E-state index contributed by atoms with van der Waals surface area (Å²) in [6, 6.07) is -0.726. The van der Waals surface area contributed by atoms with Crippen molar-refractivity contribution in [1.82, 2.24) is 0 Å².